The van der Waals surface area contributed by atoms with Crippen molar-refractivity contribution < 1.29 is 9.90 Å². The Labute approximate surface area is 165 Å². The summed E-state index contributed by atoms with van der Waals surface area (Å²) in [7, 11) is 1.99. The Morgan fingerprint density at radius 2 is 1.64 bits per heavy atom. The van der Waals surface area contributed by atoms with Crippen LogP contribution in [0.2, 0.25) is 0 Å². The predicted octanol–water partition coefficient (Wildman–Crippen LogP) is 3.07. The van der Waals surface area contributed by atoms with Gasteiger partial charge in [-0.2, -0.15) is 5.10 Å². The molecule has 1 amide bonds. The van der Waals surface area contributed by atoms with Crippen LogP contribution >= 0.6 is 0 Å². The molecule has 0 bridgehead atoms. The molecular weight excluding hydrogens is 350 g/mol. The normalized spacial score (nSPS) is 13.5. The Balaban J connectivity index is 1.54. The number of aryl methyl sites for hydroxylation is 1. The molecule has 0 radical (unpaired) electrons. The van der Waals surface area contributed by atoms with Crippen molar-refractivity contribution >= 4 is 5.91 Å². The largest absolute Gasteiger partial charge is 0.392 e. The smallest absolute Gasteiger partial charge is 0.219 e. The van der Waals surface area contributed by atoms with Crippen LogP contribution in [-0.4, -0.2) is 32.2 Å². The average molecular weight is 375 g/mol. The maximum absolute atomic E-state index is 11.8. The lowest BCUT2D eigenvalue weighted by Gasteiger charge is -2.26. The number of aliphatic hydroxyl groups excluding tert-OH is 1. The molecule has 2 aromatic carbocycles. The summed E-state index contributed by atoms with van der Waals surface area (Å²) in [6.07, 6.45) is 1.62. The molecule has 5 heteroatoms. The molecule has 1 aliphatic rings. The number of amides is 1. The van der Waals surface area contributed by atoms with Gasteiger partial charge in [0.05, 0.1) is 12.3 Å². The van der Waals surface area contributed by atoms with Crippen LogP contribution in [0, 0.1) is 0 Å². The van der Waals surface area contributed by atoms with E-state index in [0.29, 0.717) is 6.54 Å². The van der Waals surface area contributed by atoms with Crippen LogP contribution in [0.4, 0.5) is 0 Å². The fourth-order valence-corrected chi connectivity index (χ4v) is 3.89. The van der Waals surface area contributed by atoms with Gasteiger partial charge in [-0.1, -0.05) is 48.5 Å². The number of carbonyl (C=O) groups excluding carboxylic acids is 1. The summed E-state index contributed by atoms with van der Waals surface area (Å²) < 4.78 is 1.97. The number of aromatic nitrogens is 2. The fraction of sp³-hybridized carbons (Fsp3) is 0.304. The maximum atomic E-state index is 11.8. The molecule has 0 spiro atoms. The minimum atomic E-state index is 0.0642. The van der Waals surface area contributed by atoms with Gasteiger partial charge < -0.3 is 10.0 Å². The molecule has 0 saturated carbocycles. The predicted molar refractivity (Wildman–Crippen MR) is 109 cm³/mol. The number of hydrogen-bond acceptors (Lipinski definition) is 3. The molecule has 1 aromatic heterocycles. The van der Waals surface area contributed by atoms with Crippen LogP contribution in [0.3, 0.4) is 0 Å². The fourth-order valence-electron chi connectivity index (χ4n) is 3.89. The number of carbonyl (C=O) groups is 1. The highest BCUT2D eigenvalue weighted by atomic mass is 16.3. The molecule has 144 valence electrons. The van der Waals surface area contributed by atoms with Gasteiger partial charge in [0.25, 0.3) is 0 Å². The third kappa shape index (κ3) is 3.58. The highest BCUT2D eigenvalue weighted by Crippen LogP contribution is 2.26. The van der Waals surface area contributed by atoms with Gasteiger partial charge in [-0.05, 0) is 22.3 Å². The van der Waals surface area contributed by atoms with E-state index >= 15 is 0 Å². The molecule has 1 aliphatic heterocycles. The lowest BCUT2D eigenvalue weighted by molar-refractivity contribution is -0.129. The van der Waals surface area contributed by atoms with Crippen molar-refractivity contribution in [2.45, 2.75) is 32.9 Å². The molecule has 28 heavy (non-hydrogen) atoms. The van der Waals surface area contributed by atoms with Gasteiger partial charge in [0.1, 0.15) is 0 Å². The molecule has 3 aromatic rings. The molecule has 0 atom stereocenters. The number of rotatable bonds is 4. The zero-order valence-corrected chi connectivity index (χ0v) is 16.4. The van der Waals surface area contributed by atoms with Crippen LogP contribution in [0.5, 0.6) is 0 Å². The summed E-state index contributed by atoms with van der Waals surface area (Å²) in [6.45, 7) is 3.12. The summed E-state index contributed by atoms with van der Waals surface area (Å²) in [5, 5.41) is 13.9. The van der Waals surface area contributed by atoms with Crippen molar-refractivity contribution in [1.82, 2.24) is 14.7 Å². The van der Waals surface area contributed by atoms with E-state index in [-0.39, 0.29) is 12.5 Å². The third-order valence-corrected chi connectivity index (χ3v) is 5.57. The Bertz CT molecular complexity index is 988. The van der Waals surface area contributed by atoms with E-state index in [1.165, 1.54) is 16.8 Å². The zero-order chi connectivity index (χ0) is 19.7. The monoisotopic (exact) mass is 375 g/mol. The minimum Gasteiger partial charge on any atom is -0.392 e. The second-order valence-electron chi connectivity index (χ2n) is 7.41. The quantitative estimate of drug-likeness (QED) is 0.762. The van der Waals surface area contributed by atoms with Crippen molar-refractivity contribution in [2.75, 3.05) is 6.54 Å². The lowest BCUT2D eigenvalue weighted by atomic mass is 9.98. The summed E-state index contributed by atoms with van der Waals surface area (Å²) in [5.74, 6) is 0.122. The van der Waals surface area contributed by atoms with Gasteiger partial charge in [0.15, 0.2) is 0 Å². The Hall–Kier alpha value is -2.92. The molecule has 0 aliphatic carbocycles. The Morgan fingerprint density at radius 3 is 2.21 bits per heavy atom. The third-order valence-electron chi connectivity index (χ3n) is 5.57. The van der Waals surface area contributed by atoms with Crippen molar-refractivity contribution in [3.05, 3.63) is 76.6 Å². The lowest BCUT2D eigenvalue weighted by Crippen LogP contribution is -2.34. The summed E-state index contributed by atoms with van der Waals surface area (Å²) in [4.78, 5) is 13.7. The van der Waals surface area contributed by atoms with Crippen molar-refractivity contribution in [3.8, 4) is 11.1 Å². The van der Waals surface area contributed by atoms with E-state index in [9.17, 15) is 9.90 Å². The highest BCUT2D eigenvalue weighted by molar-refractivity contribution is 5.73. The SMILES string of the molecule is CC(=O)N1CCc2c(c(Cc3ccc(-c4ccc(CO)cc4)cc3)nn2C)C1. The summed E-state index contributed by atoms with van der Waals surface area (Å²) in [6, 6.07) is 16.5. The van der Waals surface area contributed by atoms with Crippen LogP contribution < -0.4 is 0 Å². The number of benzene rings is 2. The Kier molecular flexibility index (Phi) is 5.01. The topological polar surface area (TPSA) is 58.4 Å². The van der Waals surface area contributed by atoms with Crippen LogP contribution in [0.25, 0.3) is 11.1 Å². The van der Waals surface area contributed by atoms with E-state index in [1.54, 1.807) is 6.92 Å². The summed E-state index contributed by atoms with van der Waals surface area (Å²) in [5.41, 5.74) is 7.91. The first-order valence-corrected chi connectivity index (χ1v) is 9.63. The van der Waals surface area contributed by atoms with Gasteiger partial charge >= 0.3 is 0 Å². The van der Waals surface area contributed by atoms with E-state index < -0.39 is 0 Å². The van der Waals surface area contributed by atoms with Gasteiger partial charge in [-0.3, -0.25) is 9.48 Å². The van der Waals surface area contributed by atoms with E-state index in [0.717, 1.165) is 41.8 Å². The zero-order valence-electron chi connectivity index (χ0n) is 16.4. The Morgan fingerprint density at radius 1 is 1.04 bits per heavy atom. The average Bonchev–Trinajstić information content (AvgIpc) is 3.03. The molecule has 4 rings (SSSR count). The first-order chi connectivity index (χ1) is 13.5. The first kappa shape index (κ1) is 18.4. The van der Waals surface area contributed by atoms with Gasteiger partial charge in [-0.15, -0.1) is 0 Å². The second-order valence-corrected chi connectivity index (χ2v) is 7.41. The van der Waals surface area contributed by atoms with Crippen LogP contribution in [0.1, 0.15) is 35.0 Å². The molecule has 0 saturated heterocycles. The number of aliphatic hydroxyl groups is 1. The molecule has 0 unspecified atom stereocenters. The molecular formula is C23H25N3O2. The number of fused-ring (bicyclic) bond motifs is 1. The van der Waals surface area contributed by atoms with Crippen LogP contribution in [0.15, 0.2) is 48.5 Å². The standard InChI is InChI=1S/C23H25N3O2/c1-16(28)26-12-11-23-21(14-26)22(24-25(23)2)13-17-3-7-19(8-4-17)20-9-5-18(15-27)6-10-20/h3-10,27H,11-15H2,1-2H3. The molecule has 0 fully saturated rings. The van der Waals surface area contributed by atoms with Gasteiger partial charge in [-0.25, -0.2) is 0 Å². The van der Waals surface area contributed by atoms with Gasteiger partial charge in [0.2, 0.25) is 5.91 Å². The minimum absolute atomic E-state index is 0.0642. The summed E-state index contributed by atoms with van der Waals surface area (Å²) >= 11 is 0. The van der Waals surface area contributed by atoms with Crippen LogP contribution in [-0.2, 0) is 37.8 Å². The highest BCUT2D eigenvalue weighted by Gasteiger charge is 2.25. The first-order valence-electron chi connectivity index (χ1n) is 9.63. The van der Waals surface area contributed by atoms with E-state index in [2.05, 4.69) is 24.3 Å². The van der Waals surface area contributed by atoms with Crippen molar-refractivity contribution in [1.29, 1.82) is 0 Å². The molecule has 5 nitrogen and oxygen atoms in total. The van der Waals surface area contributed by atoms with E-state index in [1.807, 2.05) is 40.9 Å². The maximum Gasteiger partial charge on any atom is 0.219 e. The second kappa shape index (κ2) is 7.60. The van der Waals surface area contributed by atoms with Gasteiger partial charge in [0, 0.05) is 51.2 Å². The molecule has 1 N–H and O–H groups in total. The van der Waals surface area contributed by atoms with Crippen molar-refractivity contribution in [3.63, 3.8) is 0 Å². The number of hydrogen-bond donors (Lipinski definition) is 1. The van der Waals surface area contributed by atoms with E-state index in [4.69, 9.17) is 5.10 Å². The molecule has 2 heterocycles. The number of nitrogens with zero attached hydrogens (tertiary/aromatic N) is 3. The van der Waals surface area contributed by atoms with Crippen molar-refractivity contribution in [2.24, 2.45) is 7.05 Å².